The Morgan fingerprint density at radius 3 is 2.12 bits per heavy atom. The number of hydrogen-bond donors (Lipinski definition) is 2. The molecule has 1 aliphatic rings. The molecule has 0 radical (unpaired) electrons. The minimum Gasteiger partial charge on any atom is -0.326 e. The highest BCUT2D eigenvalue weighted by Gasteiger charge is 2.48. The summed E-state index contributed by atoms with van der Waals surface area (Å²) in [6.45, 7) is 0. The number of anilines is 2. The second-order valence-electron chi connectivity index (χ2n) is 5.57. The van der Waals surface area contributed by atoms with Gasteiger partial charge in [-0.1, -0.05) is 22.0 Å². The average molecular weight is 395 g/mol. The lowest BCUT2D eigenvalue weighted by Gasteiger charge is -2.07. The van der Waals surface area contributed by atoms with Crippen molar-refractivity contribution < 1.29 is 18.4 Å². The van der Waals surface area contributed by atoms with Crippen molar-refractivity contribution in [3.8, 4) is 0 Å². The summed E-state index contributed by atoms with van der Waals surface area (Å²) in [5, 5.41) is 5.25. The summed E-state index contributed by atoms with van der Waals surface area (Å²) >= 11 is 3.32. The van der Waals surface area contributed by atoms with Gasteiger partial charge in [0, 0.05) is 21.9 Å². The van der Waals surface area contributed by atoms with Gasteiger partial charge in [-0.25, -0.2) is 8.78 Å². The van der Waals surface area contributed by atoms with Crippen molar-refractivity contribution in [3.63, 3.8) is 0 Å². The van der Waals surface area contributed by atoms with Gasteiger partial charge in [0.15, 0.2) is 11.6 Å². The number of amides is 2. The molecule has 1 saturated carbocycles. The molecule has 0 aromatic heterocycles. The first kappa shape index (κ1) is 16.6. The lowest BCUT2D eigenvalue weighted by molar-refractivity contribution is -0.122. The molecule has 2 unspecified atom stereocenters. The van der Waals surface area contributed by atoms with E-state index in [0.717, 1.165) is 16.6 Å². The highest BCUT2D eigenvalue weighted by Crippen LogP contribution is 2.40. The topological polar surface area (TPSA) is 58.2 Å². The first-order valence-electron chi connectivity index (χ1n) is 7.26. The molecule has 24 heavy (non-hydrogen) atoms. The SMILES string of the molecule is O=C(Nc1cccc(Br)c1)C1CC1C(=O)Nc1ccc(F)c(F)c1. The third-order valence-corrected chi connectivity index (χ3v) is 4.24. The molecular formula is C17H13BrF2N2O2. The second kappa shape index (κ2) is 6.68. The Bertz CT molecular complexity index is 813. The predicted octanol–water partition coefficient (Wildman–Crippen LogP) is 3.94. The molecule has 0 spiro atoms. The zero-order valence-electron chi connectivity index (χ0n) is 12.4. The molecule has 124 valence electrons. The van der Waals surface area contributed by atoms with E-state index in [4.69, 9.17) is 0 Å². The highest BCUT2D eigenvalue weighted by molar-refractivity contribution is 9.10. The smallest absolute Gasteiger partial charge is 0.228 e. The number of hydrogen-bond acceptors (Lipinski definition) is 2. The van der Waals surface area contributed by atoms with Gasteiger partial charge in [-0.3, -0.25) is 9.59 Å². The fraction of sp³-hybridized carbons (Fsp3) is 0.176. The number of rotatable bonds is 4. The van der Waals surface area contributed by atoms with Crippen LogP contribution < -0.4 is 10.6 Å². The minimum atomic E-state index is -1.03. The quantitative estimate of drug-likeness (QED) is 0.824. The maximum atomic E-state index is 13.1. The van der Waals surface area contributed by atoms with Gasteiger partial charge >= 0.3 is 0 Å². The van der Waals surface area contributed by atoms with Crippen LogP contribution in [-0.4, -0.2) is 11.8 Å². The van der Waals surface area contributed by atoms with E-state index >= 15 is 0 Å². The van der Waals surface area contributed by atoms with Crippen molar-refractivity contribution in [1.82, 2.24) is 0 Å². The van der Waals surface area contributed by atoms with Gasteiger partial charge in [-0.2, -0.15) is 0 Å². The van der Waals surface area contributed by atoms with E-state index in [1.54, 1.807) is 18.2 Å². The normalized spacial score (nSPS) is 18.8. The van der Waals surface area contributed by atoms with Gasteiger partial charge in [-0.15, -0.1) is 0 Å². The zero-order valence-corrected chi connectivity index (χ0v) is 13.9. The molecule has 2 aromatic rings. The Kier molecular flexibility index (Phi) is 4.62. The average Bonchev–Trinajstić information content (AvgIpc) is 3.32. The molecule has 2 atom stereocenters. The molecule has 0 heterocycles. The van der Waals surface area contributed by atoms with Gasteiger partial charge in [0.05, 0.1) is 11.8 Å². The summed E-state index contributed by atoms with van der Waals surface area (Å²) in [6.07, 6.45) is 0.426. The van der Waals surface area contributed by atoms with Gasteiger partial charge in [-0.05, 0) is 36.8 Å². The zero-order chi connectivity index (χ0) is 17.3. The summed E-state index contributed by atoms with van der Waals surface area (Å²) in [6, 6.07) is 10.3. The molecule has 2 amide bonds. The lowest BCUT2D eigenvalue weighted by atomic mass is 10.2. The lowest BCUT2D eigenvalue weighted by Crippen LogP contribution is -2.20. The van der Waals surface area contributed by atoms with E-state index in [9.17, 15) is 18.4 Å². The van der Waals surface area contributed by atoms with Crippen molar-refractivity contribution in [2.75, 3.05) is 10.6 Å². The van der Waals surface area contributed by atoms with Crippen LogP contribution in [0.1, 0.15) is 6.42 Å². The van der Waals surface area contributed by atoms with Crippen molar-refractivity contribution in [3.05, 3.63) is 58.6 Å². The Balaban J connectivity index is 1.57. The fourth-order valence-electron chi connectivity index (χ4n) is 2.38. The van der Waals surface area contributed by atoms with Crippen LogP contribution in [0.5, 0.6) is 0 Å². The standard InChI is InChI=1S/C17H13BrF2N2O2/c18-9-2-1-3-10(6-9)21-16(23)12-8-13(12)17(24)22-11-4-5-14(19)15(20)7-11/h1-7,12-13H,8H2,(H,21,23)(H,22,24). The molecule has 4 nitrogen and oxygen atoms in total. The summed E-state index contributed by atoms with van der Waals surface area (Å²) in [5.41, 5.74) is 0.804. The fourth-order valence-corrected chi connectivity index (χ4v) is 2.78. The Labute approximate surface area is 145 Å². The van der Waals surface area contributed by atoms with Gasteiger partial charge in [0.25, 0.3) is 0 Å². The van der Waals surface area contributed by atoms with Crippen LogP contribution in [-0.2, 0) is 9.59 Å². The van der Waals surface area contributed by atoms with Crippen LogP contribution in [0.2, 0.25) is 0 Å². The molecule has 0 aliphatic heterocycles. The van der Waals surface area contributed by atoms with E-state index in [1.807, 2.05) is 6.07 Å². The summed E-state index contributed by atoms with van der Waals surface area (Å²) < 4.78 is 26.8. The number of halogens is 3. The van der Waals surface area contributed by atoms with Crippen LogP contribution in [0, 0.1) is 23.5 Å². The maximum absolute atomic E-state index is 13.1. The van der Waals surface area contributed by atoms with Crippen molar-refractivity contribution in [1.29, 1.82) is 0 Å². The van der Waals surface area contributed by atoms with Crippen LogP contribution in [0.4, 0.5) is 20.2 Å². The van der Waals surface area contributed by atoms with Crippen LogP contribution in [0.3, 0.4) is 0 Å². The minimum absolute atomic E-state index is 0.164. The van der Waals surface area contributed by atoms with E-state index < -0.39 is 23.5 Å². The first-order chi connectivity index (χ1) is 11.4. The number of carbonyl (C=O) groups excluding carboxylic acids is 2. The van der Waals surface area contributed by atoms with Gasteiger partial charge < -0.3 is 10.6 Å². The van der Waals surface area contributed by atoms with Gasteiger partial charge in [0.2, 0.25) is 11.8 Å². The molecule has 7 heteroatoms. The Morgan fingerprint density at radius 1 is 0.917 bits per heavy atom. The summed E-state index contributed by atoms with van der Waals surface area (Å²) in [7, 11) is 0. The Morgan fingerprint density at radius 2 is 1.54 bits per heavy atom. The molecule has 1 aliphatic carbocycles. The maximum Gasteiger partial charge on any atom is 0.228 e. The summed E-state index contributed by atoms with van der Waals surface area (Å²) in [4.78, 5) is 24.2. The molecule has 3 rings (SSSR count). The third kappa shape index (κ3) is 3.79. The Hall–Kier alpha value is -2.28. The number of carbonyl (C=O) groups is 2. The van der Waals surface area contributed by atoms with E-state index in [1.165, 1.54) is 6.07 Å². The monoisotopic (exact) mass is 394 g/mol. The molecule has 0 bridgehead atoms. The predicted molar refractivity (Wildman–Crippen MR) is 89.4 cm³/mol. The van der Waals surface area contributed by atoms with Crippen LogP contribution >= 0.6 is 15.9 Å². The highest BCUT2D eigenvalue weighted by atomic mass is 79.9. The largest absolute Gasteiger partial charge is 0.326 e. The molecule has 2 N–H and O–H groups in total. The molecule has 1 fully saturated rings. The number of nitrogens with one attached hydrogen (secondary N) is 2. The second-order valence-corrected chi connectivity index (χ2v) is 6.48. The van der Waals surface area contributed by atoms with Gasteiger partial charge in [0.1, 0.15) is 0 Å². The van der Waals surface area contributed by atoms with E-state index in [2.05, 4.69) is 26.6 Å². The van der Waals surface area contributed by atoms with Crippen molar-refractivity contribution >= 4 is 39.1 Å². The first-order valence-corrected chi connectivity index (χ1v) is 8.05. The van der Waals surface area contributed by atoms with Crippen molar-refractivity contribution in [2.45, 2.75) is 6.42 Å². The van der Waals surface area contributed by atoms with E-state index in [-0.39, 0.29) is 17.5 Å². The molecular weight excluding hydrogens is 382 g/mol. The molecule has 0 saturated heterocycles. The third-order valence-electron chi connectivity index (χ3n) is 3.74. The van der Waals surface area contributed by atoms with E-state index in [0.29, 0.717) is 12.1 Å². The number of benzene rings is 2. The van der Waals surface area contributed by atoms with Crippen molar-refractivity contribution in [2.24, 2.45) is 11.8 Å². The summed E-state index contributed by atoms with van der Waals surface area (Å²) in [5.74, 6) is -3.52. The van der Waals surface area contributed by atoms with Crippen LogP contribution in [0.25, 0.3) is 0 Å². The van der Waals surface area contributed by atoms with Crippen LogP contribution in [0.15, 0.2) is 46.9 Å². The molecule has 2 aromatic carbocycles.